The van der Waals surface area contributed by atoms with Gasteiger partial charge in [-0.05, 0) is 31.5 Å². The number of fused-ring (bicyclic) bond motifs is 1. The van der Waals surface area contributed by atoms with Gasteiger partial charge in [0.25, 0.3) is 0 Å². The molecule has 2 rings (SSSR count). The normalized spacial score (nSPS) is 12.6. The molecule has 0 saturated carbocycles. The Balaban J connectivity index is 2.45. The van der Waals surface area contributed by atoms with Gasteiger partial charge >= 0.3 is 0 Å². The first-order chi connectivity index (χ1) is 7.70. The van der Waals surface area contributed by atoms with Gasteiger partial charge in [-0.1, -0.05) is 6.92 Å². The number of anilines is 1. The third-order valence-corrected chi connectivity index (χ3v) is 2.51. The maximum absolute atomic E-state index is 5.72. The van der Waals surface area contributed by atoms with Gasteiger partial charge in [-0.3, -0.25) is 0 Å². The molecule has 4 nitrogen and oxygen atoms in total. The van der Waals surface area contributed by atoms with E-state index in [9.17, 15) is 0 Å². The van der Waals surface area contributed by atoms with Crippen molar-refractivity contribution in [2.75, 3.05) is 5.73 Å². The minimum Gasteiger partial charge on any atom is -0.474 e. The lowest BCUT2D eigenvalue weighted by Crippen LogP contribution is -2.11. The van der Waals surface area contributed by atoms with Crippen LogP contribution in [0.4, 0.5) is 5.69 Å². The monoisotopic (exact) mass is 217 g/mol. The molecule has 0 aliphatic heterocycles. The van der Waals surface area contributed by atoms with Gasteiger partial charge in [-0.25, -0.2) is 9.97 Å². The van der Waals surface area contributed by atoms with Crippen molar-refractivity contribution in [3.05, 3.63) is 24.5 Å². The minimum atomic E-state index is 0.149. The van der Waals surface area contributed by atoms with Crippen LogP contribution in [-0.2, 0) is 0 Å². The summed E-state index contributed by atoms with van der Waals surface area (Å²) >= 11 is 0. The van der Waals surface area contributed by atoms with E-state index >= 15 is 0 Å². The molecule has 0 saturated heterocycles. The molecule has 2 N–H and O–H groups in total. The molecule has 1 aromatic heterocycles. The van der Waals surface area contributed by atoms with Crippen molar-refractivity contribution in [3.8, 4) is 5.88 Å². The van der Waals surface area contributed by atoms with Gasteiger partial charge in [0.05, 0.1) is 17.0 Å². The zero-order valence-corrected chi connectivity index (χ0v) is 9.47. The molecule has 0 aliphatic rings. The van der Waals surface area contributed by atoms with Crippen LogP contribution in [0.15, 0.2) is 24.5 Å². The Morgan fingerprint density at radius 1 is 1.38 bits per heavy atom. The first-order valence-electron chi connectivity index (χ1n) is 5.37. The Kier molecular flexibility index (Phi) is 2.90. The summed E-state index contributed by atoms with van der Waals surface area (Å²) in [6.45, 7) is 4.09. The number of hydrogen-bond donors (Lipinski definition) is 1. The lowest BCUT2D eigenvalue weighted by Gasteiger charge is -2.12. The topological polar surface area (TPSA) is 61.0 Å². The molecule has 0 fully saturated rings. The first kappa shape index (κ1) is 10.7. The van der Waals surface area contributed by atoms with E-state index in [1.807, 2.05) is 25.1 Å². The molecule has 0 aliphatic carbocycles. The standard InChI is InChI=1S/C12H15N3O/c1-3-8(2)16-12-10-5-4-9(13)6-11(10)14-7-15-12/h4-8H,3,13H2,1-2H3. The Morgan fingerprint density at radius 2 is 2.19 bits per heavy atom. The number of ether oxygens (including phenoxy) is 1. The highest BCUT2D eigenvalue weighted by Gasteiger charge is 2.07. The van der Waals surface area contributed by atoms with Crippen LogP contribution in [0.2, 0.25) is 0 Å². The Morgan fingerprint density at radius 3 is 2.94 bits per heavy atom. The Bertz CT molecular complexity index is 499. The van der Waals surface area contributed by atoms with Crippen molar-refractivity contribution in [2.24, 2.45) is 0 Å². The van der Waals surface area contributed by atoms with E-state index in [1.165, 1.54) is 6.33 Å². The smallest absolute Gasteiger partial charge is 0.224 e. The van der Waals surface area contributed by atoms with Gasteiger partial charge < -0.3 is 10.5 Å². The van der Waals surface area contributed by atoms with Crippen LogP contribution in [0.5, 0.6) is 5.88 Å². The Labute approximate surface area is 94.5 Å². The van der Waals surface area contributed by atoms with E-state index in [0.717, 1.165) is 17.3 Å². The molecule has 0 amide bonds. The first-order valence-corrected chi connectivity index (χ1v) is 5.37. The molecule has 0 bridgehead atoms. The van der Waals surface area contributed by atoms with E-state index < -0.39 is 0 Å². The predicted octanol–water partition coefficient (Wildman–Crippen LogP) is 2.39. The molecule has 4 heteroatoms. The van der Waals surface area contributed by atoms with Crippen LogP contribution in [0.1, 0.15) is 20.3 Å². The summed E-state index contributed by atoms with van der Waals surface area (Å²) in [5, 5.41) is 0.900. The second-order valence-corrected chi connectivity index (χ2v) is 3.79. The maximum Gasteiger partial charge on any atom is 0.224 e. The number of hydrogen-bond acceptors (Lipinski definition) is 4. The second-order valence-electron chi connectivity index (χ2n) is 3.79. The van der Waals surface area contributed by atoms with Gasteiger partial charge in [0, 0.05) is 5.69 Å². The number of benzene rings is 1. The third-order valence-electron chi connectivity index (χ3n) is 2.51. The minimum absolute atomic E-state index is 0.149. The number of nitrogens with zero attached hydrogens (tertiary/aromatic N) is 2. The molecule has 84 valence electrons. The quantitative estimate of drug-likeness (QED) is 0.802. The molecule has 1 unspecified atom stereocenters. The average Bonchev–Trinajstić information content (AvgIpc) is 2.28. The zero-order chi connectivity index (χ0) is 11.5. The van der Waals surface area contributed by atoms with Crippen molar-refractivity contribution < 1.29 is 4.74 Å². The summed E-state index contributed by atoms with van der Waals surface area (Å²) in [5.41, 5.74) is 7.21. The fourth-order valence-electron chi connectivity index (χ4n) is 1.42. The van der Waals surface area contributed by atoms with E-state index in [-0.39, 0.29) is 6.10 Å². The van der Waals surface area contributed by atoms with Crippen LogP contribution in [-0.4, -0.2) is 16.1 Å². The van der Waals surface area contributed by atoms with E-state index in [0.29, 0.717) is 11.6 Å². The summed E-state index contributed by atoms with van der Waals surface area (Å²) in [6, 6.07) is 5.54. The van der Waals surface area contributed by atoms with Crippen LogP contribution >= 0.6 is 0 Å². The average molecular weight is 217 g/mol. The van der Waals surface area contributed by atoms with Gasteiger partial charge in [-0.15, -0.1) is 0 Å². The van der Waals surface area contributed by atoms with Crippen molar-refractivity contribution in [3.63, 3.8) is 0 Å². The summed E-state index contributed by atoms with van der Waals surface area (Å²) in [5.74, 6) is 0.624. The lowest BCUT2D eigenvalue weighted by atomic mass is 10.2. The predicted molar refractivity (Wildman–Crippen MR) is 64.3 cm³/mol. The van der Waals surface area contributed by atoms with Crippen molar-refractivity contribution in [1.82, 2.24) is 9.97 Å². The second kappa shape index (κ2) is 4.35. The van der Waals surface area contributed by atoms with Crippen LogP contribution in [0, 0.1) is 0 Å². The number of nitrogen functional groups attached to an aromatic ring is 1. The number of nitrogens with two attached hydrogens (primary N) is 1. The van der Waals surface area contributed by atoms with Gasteiger partial charge in [0.1, 0.15) is 6.33 Å². The highest BCUT2D eigenvalue weighted by atomic mass is 16.5. The molecule has 1 aromatic carbocycles. The SMILES string of the molecule is CCC(C)Oc1ncnc2cc(N)ccc12. The fraction of sp³-hybridized carbons (Fsp3) is 0.333. The molecular formula is C12H15N3O. The molecule has 0 radical (unpaired) electrons. The molecular weight excluding hydrogens is 202 g/mol. The van der Waals surface area contributed by atoms with Crippen molar-refractivity contribution in [1.29, 1.82) is 0 Å². The lowest BCUT2D eigenvalue weighted by molar-refractivity contribution is 0.211. The molecule has 2 aromatic rings. The summed E-state index contributed by atoms with van der Waals surface area (Å²) < 4.78 is 5.72. The largest absolute Gasteiger partial charge is 0.474 e. The highest BCUT2D eigenvalue weighted by Crippen LogP contribution is 2.24. The Hall–Kier alpha value is -1.84. The van der Waals surface area contributed by atoms with Crippen LogP contribution < -0.4 is 10.5 Å². The summed E-state index contributed by atoms with van der Waals surface area (Å²) in [7, 11) is 0. The van der Waals surface area contributed by atoms with Gasteiger partial charge in [0.15, 0.2) is 0 Å². The molecule has 16 heavy (non-hydrogen) atoms. The fourth-order valence-corrected chi connectivity index (χ4v) is 1.42. The third kappa shape index (κ3) is 2.05. The maximum atomic E-state index is 5.72. The van der Waals surface area contributed by atoms with Gasteiger partial charge in [-0.2, -0.15) is 0 Å². The molecule has 1 heterocycles. The van der Waals surface area contributed by atoms with Crippen LogP contribution in [0.3, 0.4) is 0 Å². The zero-order valence-electron chi connectivity index (χ0n) is 9.47. The van der Waals surface area contributed by atoms with Crippen LogP contribution in [0.25, 0.3) is 10.9 Å². The molecule has 1 atom stereocenters. The van der Waals surface area contributed by atoms with Gasteiger partial charge in [0.2, 0.25) is 5.88 Å². The number of rotatable bonds is 3. The van der Waals surface area contributed by atoms with Crippen molar-refractivity contribution in [2.45, 2.75) is 26.4 Å². The van der Waals surface area contributed by atoms with E-state index in [4.69, 9.17) is 10.5 Å². The van der Waals surface area contributed by atoms with E-state index in [1.54, 1.807) is 0 Å². The summed E-state index contributed by atoms with van der Waals surface area (Å²) in [4.78, 5) is 8.32. The van der Waals surface area contributed by atoms with E-state index in [2.05, 4.69) is 16.9 Å². The summed E-state index contributed by atoms with van der Waals surface area (Å²) in [6.07, 6.45) is 2.59. The number of aromatic nitrogens is 2. The molecule has 0 spiro atoms. The highest BCUT2D eigenvalue weighted by molar-refractivity contribution is 5.85. The van der Waals surface area contributed by atoms with Crippen molar-refractivity contribution >= 4 is 16.6 Å².